The molecule has 1 aliphatic rings. The summed E-state index contributed by atoms with van der Waals surface area (Å²) in [5.74, 6) is -5.20. The molecule has 0 bridgehead atoms. The van der Waals surface area contributed by atoms with Gasteiger partial charge in [0.15, 0.2) is 0 Å². The second-order valence-corrected chi connectivity index (χ2v) is 3.49. The molecule has 1 saturated heterocycles. The van der Waals surface area contributed by atoms with Gasteiger partial charge in [0, 0.05) is 11.7 Å². The average Bonchev–Trinajstić information content (AvgIpc) is 1.94. The fraction of sp³-hybridized carbons (Fsp3) is 1.00. The second kappa shape index (κ2) is 2.03. The molecule has 0 nitrogen and oxygen atoms in total. The minimum atomic E-state index is -3.85. The van der Waals surface area contributed by atoms with Gasteiger partial charge in [-0.15, -0.1) is 0 Å². The van der Waals surface area contributed by atoms with Gasteiger partial charge in [-0.3, -0.25) is 0 Å². The van der Waals surface area contributed by atoms with E-state index >= 15 is 0 Å². The van der Waals surface area contributed by atoms with E-state index in [1.165, 1.54) is 0 Å². The lowest BCUT2D eigenvalue weighted by atomic mass is 10.1. The van der Waals surface area contributed by atoms with Gasteiger partial charge in [0.2, 0.25) is 0 Å². The van der Waals surface area contributed by atoms with E-state index < -0.39 is 17.1 Å². The highest BCUT2D eigenvalue weighted by atomic mass is 32.2. The van der Waals surface area contributed by atoms with Crippen LogP contribution in [-0.4, -0.2) is 16.9 Å². The molecular weight excluding hydrogens is 168 g/mol. The number of hydrogen-bond acceptors (Lipinski definition) is 1. The normalized spacial score (nSPS) is 36.3. The van der Waals surface area contributed by atoms with Crippen molar-refractivity contribution in [2.75, 3.05) is 5.75 Å². The molecule has 0 spiro atoms. The van der Waals surface area contributed by atoms with E-state index in [-0.39, 0.29) is 17.5 Å². The summed E-state index contributed by atoms with van der Waals surface area (Å²) in [6.07, 6.45) is 0. The fourth-order valence-electron chi connectivity index (χ4n) is 0.717. The standard InChI is InChI=1S/C5H6F4S/c1-3-2-10-5(8,9)4(3,6)7/h3H,2H2,1H3. The van der Waals surface area contributed by atoms with Crippen molar-refractivity contribution in [1.82, 2.24) is 0 Å². The first-order chi connectivity index (χ1) is 4.38. The molecule has 0 amide bonds. The Kier molecular flexibility index (Phi) is 1.66. The van der Waals surface area contributed by atoms with Crippen LogP contribution in [0.4, 0.5) is 17.6 Å². The summed E-state index contributed by atoms with van der Waals surface area (Å²) >= 11 is 0.0312. The van der Waals surface area contributed by atoms with Crippen LogP contribution >= 0.6 is 11.8 Å². The highest BCUT2D eigenvalue weighted by Gasteiger charge is 2.64. The van der Waals surface area contributed by atoms with E-state index in [1.807, 2.05) is 0 Å². The number of thioether (sulfide) groups is 1. The highest BCUT2D eigenvalue weighted by Crippen LogP contribution is 2.54. The predicted octanol–water partition coefficient (Wildman–Crippen LogP) is 2.60. The van der Waals surface area contributed by atoms with Crippen molar-refractivity contribution in [1.29, 1.82) is 0 Å². The highest BCUT2D eigenvalue weighted by molar-refractivity contribution is 8.00. The maximum Gasteiger partial charge on any atom is 0.356 e. The average molecular weight is 174 g/mol. The Balaban J connectivity index is 2.84. The van der Waals surface area contributed by atoms with Crippen LogP contribution in [0.1, 0.15) is 6.92 Å². The molecule has 1 aliphatic heterocycles. The molecule has 60 valence electrons. The third kappa shape index (κ3) is 0.909. The molecule has 0 aromatic rings. The zero-order valence-corrected chi connectivity index (χ0v) is 6.02. The summed E-state index contributed by atoms with van der Waals surface area (Å²) < 4.78 is 49.1. The Hall–Kier alpha value is 0.0700. The number of alkyl halides is 4. The molecule has 0 N–H and O–H groups in total. The van der Waals surface area contributed by atoms with E-state index in [4.69, 9.17) is 0 Å². The lowest BCUT2D eigenvalue weighted by molar-refractivity contribution is -0.167. The van der Waals surface area contributed by atoms with Crippen LogP contribution in [0.2, 0.25) is 0 Å². The summed E-state index contributed by atoms with van der Waals surface area (Å²) in [6.45, 7) is 1.13. The molecule has 10 heavy (non-hydrogen) atoms. The molecule has 0 aromatic carbocycles. The smallest absolute Gasteiger partial charge is 0.198 e. The van der Waals surface area contributed by atoms with Crippen molar-refractivity contribution in [3.05, 3.63) is 0 Å². The van der Waals surface area contributed by atoms with Crippen LogP contribution < -0.4 is 0 Å². The molecule has 1 rings (SSSR count). The fourth-order valence-corrected chi connectivity index (χ4v) is 1.78. The largest absolute Gasteiger partial charge is 0.356 e. The maximum atomic E-state index is 12.3. The van der Waals surface area contributed by atoms with Crippen LogP contribution in [0.25, 0.3) is 0 Å². The summed E-state index contributed by atoms with van der Waals surface area (Å²) in [5.41, 5.74) is 0. The predicted molar refractivity (Wildman–Crippen MR) is 31.5 cm³/mol. The van der Waals surface area contributed by atoms with Gasteiger partial charge in [-0.1, -0.05) is 18.7 Å². The number of hydrogen-bond donors (Lipinski definition) is 0. The molecule has 1 atom stereocenters. The first-order valence-electron chi connectivity index (χ1n) is 2.77. The third-order valence-corrected chi connectivity index (χ3v) is 2.82. The first-order valence-corrected chi connectivity index (χ1v) is 3.76. The zero-order valence-electron chi connectivity index (χ0n) is 5.20. The van der Waals surface area contributed by atoms with Crippen molar-refractivity contribution in [2.24, 2.45) is 5.92 Å². The molecule has 1 unspecified atom stereocenters. The minimum absolute atomic E-state index is 0.0312. The Morgan fingerprint density at radius 2 is 1.80 bits per heavy atom. The van der Waals surface area contributed by atoms with E-state index in [9.17, 15) is 17.6 Å². The van der Waals surface area contributed by atoms with E-state index in [0.717, 1.165) is 6.92 Å². The Morgan fingerprint density at radius 3 is 1.90 bits per heavy atom. The van der Waals surface area contributed by atoms with E-state index in [1.54, 1.807) is 0 Å². The molecular formula is C5H6F4S. The maximum absolute atomic E-state index is 12.3. The van der Waals surface area contributed by atoms with Crippen molar-refractivity contribution < 1.29 is 17.6 Å². The second-order valence-electron chi connectivity index (χ2n) is 2.35. The van der Waals surface area contributed by atoms with Gasteiger partial charge in [0.05, 0.1) is 0 Å². The van der Waals surface area contributed by atoms with Crippen molar-refractivity contribution in [2.45, 2.75) is 18.1 Å². The molecule has 1 heterocycles. The van der Waals surface area contributed by atoms with Crippen LogP contribution in [0, 0.1) is 5.92 Å². The van der Waals surface area contributed by atoms with Crippen molar-refractivity contribution in [3.8, 4) is 0 Å². The number of rotatable bonds is 0. The summed E-state index contributed by atoms with van der Waals surface area (Å²) in [5, 5.41) is -3.85. The zero-order chi connectivity index (χ0) is 7.99. The van der Waals surface area contributed by atoms with Gasteiger partial charge in [-0.2, -0.15) is 17.6 Å². The van der Waals surface area contributed by atoms with Gasteiger partial charge in [0.1, 0.15) is 0 Å². The van der Waals surface area contributed by atoms with Crippen molar-refractivity contribution >= 4 is 11.8 Å². The topological polar surface area (TPSA) is 0 Å². The first kappa shape index (κ1) is 8.17. The monoisotopic (exact) mass is 174 g/mol. The molecule has 0 radical (unpaired) electrons. The summed E-state index contributed by atoms with van der Waals surface area (Å²) in [4.78, 5) is 0. The quantitative estimate of drug-likeness (QED) is 0.508. The Labute approximate surface area is 60.0 Å². The lowest BCUT2D eigenvalue weighted by Gasteiger charge is -2.19. The Morgan fingerprint density at radius 1 is 1.30 bits per heavy atom. The minimum Gasteiger partial charge on any atom is -0.198 e. The molecule has 0 saturated carbocycles. The van der Waals surface area contributed by atoms with Gasteiger partial charge < -0.3 is 0 Å². The third-order valence-electron chi connectivity index (χ3n) is 1.52. The SMILES string of the molecule is CC1CSC(F)(F)C1(F)F. The lowest BCUT2D eigenvalue weighted by Crippen LogP contribution is -2.37. The summed E-state index contributed by atoms with van der Waals surface area (Å²) in [6, 6.07) is 0. The number of halogens is 4. The molecule has 1 fully saturated rings. The van der Waals surface area contributed by atoms with Gasteiger partial charge >= 0.3 is 11.2 Å². The van der Waals surface area contributed by atoms with Crippen LogP contribution in [-0.2, 0) is 0 Å². The molecule has 0 aromatic heterocycles. The van der Waals surface area contributed by atoms with E-state index in [2.05, 4.69) is 0 Å². The van der Waals surface area contributed by atoms with Gasteiger partial charge in [-0.25, -0.2) is 0 Å². The summed E-state index contributed by atoms with van der Waals surface area (Å²) in [7, 11) is 0. The Bertz CT molecular complexity index is 145. The van der Waals surface area contributed by atoms with Gasteiger partial charge in [0.25, 0.3) is 0 Å². The molecule has 0 aliphatic carbocycles. The van der Waals surface area contributed by atoms with E-state index in [0.29, 0.717) is 0 Å². The van der Waals surface area contributed by atoms with Crippen LogP contribution in [0.15, 0.2) is 0 Å². The van der Waals surface area contributed by atoms with Gasteiger partial charge in [-0.05, 0) is 0 Å². The van der Waals surface area contributed by atoms with Crippen LogP contribution in [0.5, 0.6) is 0 Å². The van der Waals surface area contributed by atoms with Crippen LogP contribution in [0.3, 0.4) is 0 Å². The molecule has 5 heteroatoms. The van der Waals surface area contributed by atoms with Crippen molar-refractivity contribution in [3.63, 3.8) is 0 Å².